The Labute approximate surface area is 148 Å². The Hall–Kier alpha value is -1.40. The van der Waals surface area contributed by atoms with Crippen molar-refractivity contribution in [2.24, 2.45) is 0 Å². The molecule has 1 aliphatic heterocycles. The first-order chi connectivity index (χ1) is 11.4. The number of hydrogen-bond acceptors (Lipinski definition) is 5. The zero-order valence-electron chi connectivity index (χ0n) is 14.7. The molecule has 0 amide bonds. The summed E-state index contributed by atoms with van der Waals surface area (Å²) in [7, 11) is 3.95. The van der Waals surface area contributed by atoms with Gasteiger partial charge in [0, 0.05) is 31.7 Å². The minimum absolute atomic E-state index is 0.589. The molecule has 0 saturated heterocycles. The van der Waals surface area contributed by atoms with E-state index in [0.29, 0.717) is 13.2 Å². The number of rotatable bonds is 5. The van der Waals surface area contributed by atoms with E-state index < -0.39 is 5.60 Å². The van der Waals surface area contributed by atoms with Gasteiger partial charge in [-0.25, -0.2) is 0 Å². The predicted molar refractivity (Wildman–Crippen MR) is 98.5 cm³/mol. The van der Waals surface area contributed by atoms with Crippen molar-refractivity contribution in [2.75, 3.05) is 33.8 Å². The van der Waals surface area contributed by atoms with Crippen LogP contribution >= 0.6 is 11.3 Å². The smallest absolute Gasteiger partial charge is 0.123 e. The minimum Gasteiger partial charge on any atom is -0.492 e. The van der Waals surface area contributed by atoms with E-state index in [1.807, 2.05) is 38.1 Å². The topological polar surface area (TPSA) is 35.9 Å². The number of nitrogens with zero attached hydrogens (tertiary/aromatic N) is 2. The SMILES string of the molecule is CN(C)CC(C)(O)c1ccc2c(c1)CN(Cc1ccsc1)CCO2. The average Bonchev–Trinajstić information content (AvgIpc) is 2.91. The third-order valence-electron chi connectivity index (χ3n) is 4.35. The van der Waals surface area contributed by atoms with Crippen molar-refractivity contribution in [2.45, 2.75) is 25.6 Å². The quantitative estimate of drug-likeness (QED) is 0.903. The van der Waals surface area contributed by atoms with Gasteiger partial charge in [0.25, 0.3) is 0 Å². The highest BCUT2D eigenvalue weighted by molar-refractivity contribution is 7.07. The monoisotopic (exact) mass is 346 g/mol. The zero-order chi connectivity index (χ0) is 17.2. The van der Waals surface area contributed by atoms with Crippen LogP contribution in [0, 0.1) is 0 Å². The maximum Gasteiger partial charge on any atom is 0.123 e. The molecule has 3 rings (SSSR count). The highest BCUT2D eigenvalue weighted by Crippen LogP contribution is 2.30. The fourth-order valence-electron chi connectivity index (χ4n) is 3.27. The Morgan fingerprint density at radius 2 is 2.17 bits per heavy atom. The lowest BCUT2D eigenvalue weighted by molar-refractivity contribution is 0.0299. The molecule has 24 heavy (non-hydrogen) atoms. The van der Waals surface area contributed by atoms with Crippen LogP contribution in [0.1, 0.15) is 23.6 Å². The van der Waals surface area contributed by atoms with Crippen molar-refractivity contribution >= 4 is 11.3 Å². The van der Waals surface area contributed by atoms with Crippen molar-refractivity contribution in [1.29, 1.82) is 0 Å². The molecule has 1 N–H and O–H groups in total. The maximum atomic E-state index is 10.8. The molecule has 1 atom stereocenters. The van der Waals surface area contributed by atoms with E-state index in [2.05, 4.69) is 27.8 Å². The Bertz CT molecular complexity index is 668. The second-order valence-corrected chi connectivity index (χ2v) is 7.80. The Balaban J connectivity index is 1.81. The summed E-state index contributed by atoms with van der Waals surface area (Å²) in [6, 6.07) is 8.26. The lowest BCUT2D eigenvalue weighted by Crippen LogP contribution is -2.34. The van der Waals surface area contributed by atoms with Crippen LogP contribution < -0.4 is 4.74 Å². The molecule has 1 unspecified atom stereocenters. The summed E-state index contributed by atoms with van der Waals surface area (Å²) in [5, 5.41) is 15.1. The van der Waals surface area contributed by atoms with Gasteiger partial charge in [0.15, 0.2) is 0 Å². The van der Waals surface area contributed by atoms with E-state index in [1.54, 1.807) is 11.3 Å². The van der Waals surface area contributed by atoms with Crippen LogP contribution in [0.2, 0.25) is 0 Å². The van der Waals surface area contributed by atoms with E-state index in [1.165, 1.54) is 5.56 Å². The van der Waals surface area contributed by atoms with Gasteiger partial charge in [0.05, 0.1) is 5.60 Å². The van der Waals surface area contributed by atoms with Gasteiger partial charge in [-0.05, 0) is 61.1 Å². The Morgan fingerprint density at radius 1 is 1.33 bits per heavy atom. The second-order valence-electron chi connectivity index (χ2n) is 7.02. The van der Waals surface area contributed by atoms with E-state index >= 15 is 0 Å². The second kappa shape index (κ2) is 7.23. The van der Waals surface area contributed by atoms with Crippen molar-refractivity contribution in [3.05, 3.63) is 51.7 Å². The fraction of sp³-hybridized carbons (Fsp3) is 0.474. The van der Waals surface area contributed by atoms with Crippen molar-refractivity contribution < 1.29 is 9.84 Å². The summed E-state index contributed by atoms with van der Waals surface area (Å²) < 4.78 is 5.92. The summed E-state index contributed by atoms with van der Waals surface area (Å²) in [6.45, 7) is 5.85. The molecule has 1 aromatic carbocycles. The van der Waals surface area contributed by atoms with E-state index in [9.17, 15) is 5.11 Å². The molecule has 0 bridgehead atoms. The molecular weight excluding hydrogens is 320 g/mol. The van der Waals surface area contributed by atoms with Crippen LogP contribution in [-0.2, 0) is 18.7 Å². The molecular formula is C19H26N2O2S. The van der Waals surface area contributed by atoms with E-state index in [0.717, 1.165) is 36.5 Å². The molecule has 4 nitrogen and oxygen atoms in total. The molecule has 2 heterocycles. The first kappa shape index (κ1) is 17.4. The average molecular weight is 346 g/mol. The highest BCUT2D eigenvalue weighted by Gasteiger charge is 2.26. The normalized spacial score (nSPS) is 17.9. The summed E-state index contributed by atoms with van der Waals surface area (Å²) in [5.41, 5.74) is 2.57. The lowest BCUT2D eigenvalue weighted by atomic mass is 9.93. The van der Waals surface area contributed by atoms with Gasteiger partial charge in [-0.1, -0.05) is 6.07 Å². The van der Waals surface area contributed by atoms with Gasteiger partial charge >= 0.3 is 0 Å². The van der Waals surface area contributed by atoms with Crippen molar-refractivity contribution in [1.82, 2.24) is 9.80 Å². The number of thiophene rings is 1. The molecule has 0 radical (unpaired) electrons. The first-order valence-corrected chi connectivity index (χ1v) is 9.25. The van der Waals surface area contributed by atoms with Gasteiger partial charge in [-0.15, -0.1) is 0 Å². The minimum atomic E-state index is -0.872. The highest BCUT2D eigenvalue weighted by atomic mass is 32.1. The lowest BCUT2D eigenvalue weighted by Gasteiger charge is -2.28. The maximum absolute atomic E-state index is 10.8. The van der Waals surface area contributed by atoms with Crippen LogP contribution in [0.3, 0.4) is 0 Å². The molecule has 130 valence electrons. The van der Waals surface area contributed by atoms with Gasteiger partial charge in [-0.2, -0.15) is 11.3 Å². The summed E-state index contributed by atoms with van der Waals surface area (Å²) in [6.07, 6.45) is 0. The van der Waals surface area contributed by atoms with Crippen LogP contribution in [0.5, 0.6) is 5.75 Å². The van der Waals surface area contributed by atoms with Gasteiger partial charge in [-0.3, -0.25) is 4.90 Å². The molecule has 5 heteroatoms. The third kappa shape index (κ3) is 4.16. The molecule has 1 aromatic heterocycles. The van der Waals surface area contributed by atoms with E-state index in [-0.39, 0.29) is 0 Å². The number of ether oxygens (including phenoxy) is 1. The molecule has 0 fully saturated rings. The first-order valence-electron chi connectivity index (χ1n) is 8.31. The van der Waals surface area contributed by atoms with Crippen LogP contribution in [0.25, 0.3) is 0 Å². The van der Waals surface area contributed by atoms with Crippen molar-refractivity contribution in [3.63, 3.8) is 0 Å². The van der Waals surface area contributed by atoms with E-state index in [4.69, 9.17) is 4.74 Å². The van der Waals surface area contributed by atoms with Crippen molar-refractivity contribution in [3.8, 4) is 5.75 Å². The molecule has 0 spiro atoms. The zero-order valence-corrected chi connectivity index (χ0v) is 15.5. The largest absolute Gasteiger partial charge is 0.492 e. The number of hydrogen-bond donors (Lipinski definition) is 1. The van der Waals surface area contributed by atoms with Crippen LogP contribution in [0.4, 0.5) is 0 Å². The number of fused-ring (bicyclic) bond motifs is 1. The molecule has 0 aliphatic carbocycles. The number of aliphatic hydroxyl groups is 1. The van der Waals surface area contributed by atoms with Gasteiger partial charge in [0.2, 0.25) is 0 Å². The van der Waals surface area contributed by atoms with Gasteiger partial charge < -0.3 is 14.7 Å². The summed E-state index contributed by atoms with van der Waals surface area (Å²) in [5.74, 6) is 0.937. The molecule has 2 aromatic rings. The molecule has 0 saturated carbocycles. The standard InChI is InChI=1S/C19H26N2O2S/c1-19(22,14-20(2)3)17-4-5-18-16(10-17)12-21(7-8-23-18)11-15-6-9-24-13-15/h4-6,9-10,13,22H,7-8,11-12,14H2,1-3H3. The Kier molecular flexibility index (Phi) is 5.25. The summed E-state index contributed by atoms with van der Waals surface area (Å²) in [4.78, 5) is 4.41. The van der Waals surface area contributed by atoms with Gasteiger partial charge in [0.1, 0.15) is 12.4 Å². The predicted octanol–water partition coefficient (Wildman–Crippen LogP) is 2.91. The number of likely N-dealkylation sites (N-methyl/N-ethyl adjacent to an activating group) is 1. The molecule has 1 aliphatic rings. The fourth-order valence-corrected chi connectivity index (χ4v) is 3.93. The summed E-state index contributed by atoms with van der Waals surface area (Å²) >= 11 is 1.73. The number of benzene rings is 1. The van der Waals surface area contributed by atoms with Crippen LogP contribution in [0.15, 0.2) is 35.0 Å². The van der Waals surface area contributed by atoms with Crippen LogP contribution in [-0.4, -0.2) is 48.7 Å². The third-order valence-corrected chi connectivity index (χ3v) is 5.08. The Morgan fingerprint density at radius 3 is 2.88 bits per heavy atom.